The minimum atomic E-state index is -3.38. The monoisotopic (exact) mass is 371 g/mol. The first-order valence-corrected chi connectivity index (χ1v) is 11.0. The van der Waals surface area contributed by atoms with Crippen LogP contribution in [0, 0.1) is 0 Å². The zero-order valence-corrected chi connectivity index (χ0v) is 15.8. The van der Waals surface area contributed by atoms with Crippen LogP contribution in [0.15, 0.2) is 29.2 Å². The van der Waals surface area contributed by atoms with Gasteiger partial charge in [0.1, 0.15) is 0 Å². The van der Waals surface area contributed by atoms with Crippen LogP contribution in [-0.4, -0.2) is 44.9 Å². The summed E-state index contributed by atoms with van der Waals surface area (Å²) in [6, 6.07) is 7.22. The van der Waals surface area contributed by atoms with Gasteiger partial charge >= 0.3 is 0 Å². The smallest absolute Gasteiger partial charge is 0.243 e. The largest absolute Gasteiger partial charge is 0.330 e. The molecule has 6 heteroatoms. The number of benzene rings is 1. The minimum absolute atomic E-state index is 0.348. The van der Waals surface area contributed by atoms with E-state index in [1.807, 2.05) is 0 Å². The molecule has 1 aromatic rings. The molecule has 0 bridgehead atoms. The van der Waals surface area contributed by atoms with E-state index in [0.717, 1.165) is 19.1 Å². The minimum Gasteiger partial charge on any atom is -0.330 e. The van der Waals surface area contributed by atoms with Gasteiger partial charge in [0, 0.05) is 5.02 Å². The number of piperazine rings is 1. The highest BCUT2D eigenvalue weighted by molar-refractivity contribution is 7.89. The molecule has 2 fully saturated rings. The third-order valence-corrected chi connectivity index (χ3v) is 7.66. The van der Waals surface area contributed by atoms with Crippen molar-refractivity contribution in [3.05, 3.63) is 29.3 Å². The van der Waals surface area contributed by atoms with Gasteiger partial charge in [-0.25, -0.2) is 8.42 Å². The molecule has 0 unspecified atom stereocenters. The number of hydrogen-bond acceptors (Lipinski definition) is 2. The van der Waals surface area contributed by atoms with Crippen molar-refractivity contribution in [1.29, 1.82) is 0 Å². The average molecular weight is 372 g/mol. The molecule has 1 aliphatic carbocycles. The second-order valence-electron chi connectivity index (χ2n) is 7.06. The first-order chi connectivity index (χ1) is 11.6. The topological polar surface area (TPSA) is 41.8 Å². The quantitative estimate of drug-likeness (QED) is 0.886. The molecule has 1 aromatic carbocycles. The zero-order chi connectivity index (χ0) is 17.0. The Hall–Kier alpha value is -0.620. The molecule has 0 aromatic heterocycles. The Balaban J connectivity index is 1.60. The van der Waals surface area contributed by atoms with Gasteiger partial charge in [-0.2, -0.15) is 4.31 Å². The van der Waals surface area contributed by atoms with Crippen molar-refractivity contribution < 1.29 is 13.3 Å². The van der Waals surface area contributed by atoms with E-state index in [9.17, 15) is 8.42 Å². The summed E-state index contributed by atoms with van der Waals surface area (Å²) in [6.07, 6.45) is 9.39. The maximum Gasteiger partial charge on any atom is 0.243 e. The first-order valence-electron chi connectivity index (χ1n) is 9.18. The van der Waals surface area contributed by atoms with Crippen LogP contribution in [0.1, 0.15) is 44.9 Å². The number of rotatable bonds is 3. The lowest BCUT2D eigenvalue weighted by molar-refractivity contribution is -0.929. The summed E-state index contributed by atoms with van der Waals surface area (Å²) in [6.45, 7) is 3.10. The van der Waals surface area contributed by atoms with Gasteiger partial charge in [0.25, 0.3) is 0 Å². The Bertz CT molecular complexity index is 617. The molecule has 0 spiro atoms. The molecule has 1 saturated heterocycles. The summed E-state index contributed by atoms with van der Waals surface area (Å²) in [5.74, 6) is 0. The van der Waals surface area contributed by atoms with Crippen molar-refractivity contribution in [1.82, 2.24) is 4.31 Å². The number of sulfonamides is 1. The SMILES string of the molecule is O=S(=O)(c1ccc(Cl)cc1)N1CC[NH+](C2CCCCCCC2)CC1. The Morgan fingerprint density at radius 3 is 2.04 bits per heavy atom. The lowest BCUT2D eigenvalue weighted by Gasteiger charge is -2.36. The average Bonchev–Trinajstić information content (AvgIpc) is 2.55. The molecular weight excluding hydrogens is 344 g/mol. The van der Waals surface area contributed by atoms with Crippen LogP contribution in [-0.2, 0) is 10.0 Å². The van der Waals surface area contributed by atoms with E-state index in [1.165, 1.54) is 44.9 Å². The highest BCUT2D eigenvalue weighted by atomic mass is 35.5. The maximum absolute atomic E-state index is 12.8. The van der Waals surface area contributed by atoms with E-state index in [-0.39, 0.29) is 0 Å². The second kappa shape index (κ2) is 8.17. The van der Waals surface area contributed by atoms with E-state index in [4.69, 9.17) is 11.6 Å². The van der Waals surface area contributed by atoms with Crippen LogP contribution in [0.25, 0.3) is 0 Å². The van der Waals surface area contributed by atoms with Gasteiger partial charge < -0.3 is 4.90 Å². The predicted octanol–water partition coefficient (Wildman–Crippen LogP) is 2.34. The van der Waals surface area contributed by atoms with Crippen molar-refractivity contribution in [2.45, 2.75) is 55.9 Å². The van der Waals surface area contributed by atoms with E-state index in [2.05, 4.69) is 0 Å². The fraction of sp³-hybridized carbons (Fsp3) is 0.667. The van der Waals surface area contributed by atoms with Crippen LogP contribution in [0.4, 0.5) is 0 Å². The van der Waals surface area contributed by atoms with Crippen LogP contribution in [0.3, 0.4) is 0 Å². The molecule has 0 amide bonds. The van der Waals surface area contributed by atoms with E-state index < -0.39 is 10.0 Å². The summed E-state index contributed by atoms with van der Waals surface area (Å²) in [4.78, 5) is 1.96. The molecule has 1 heterocycles. The highest BCUT2D eigenvalue weighted by Crippen LogP contribution is 2.19. The van der Waals surface area contributed by atoms with Crippen LogP contribution in [0.5, 0.6) is 0 Å². The van der Waals surface area contributed by atoms with Gasteiger partial charge in [0.05, 0.1) is 37.1 Å². The molecule has 4 nitrogen and oxygen atoms in total. The second-order valence-corrected chi connectivity index (χ2v) is 9.43. The maximum atomic E-state index is 12.8. The molecule has 1 N–H and O–H groups in total. The van der Waals surface area contributed by atoms with Gasteiger partial charge in [0.15, 0.2) is 0 Å². The molecule has 24 heavy (non-hydrogen) atoms. The normalized spacial score (nSPS) is 22.9. The lowest BCUT2D eigenvalue weighted by atomic mass is 9.95. The third kappa shape index (κ3) is 4.31. The first kappa shape index (κ1) is 18.2. The summed E-state index contributed by atoms with van der Waals surface area (Å²) >= 11 is 5.87. The predicted molar refractivity (Wildman–Crippen MR) is 97.0 cm³/mol. The molecular formula is C18H28ClN2O2S+. The van der Waals surface area contributed by atoms with Crippen LogP contribution in [0.2, 0.25) is 5.02 Å². The molecule has 1 saturated carbocycles. The Labute approximate surface area is 150 Å². The number of nitrogens with one attached hydrogen (secondary N) is 1. The standard InChI is InChI=1S/C18H27ClN2O2S/c19-16-8-10-18(11-9-16)24(22,23)21-14-12-20(13-15-21)17-6-4-2-1-3-5-7-17/h8-11,17H,1-7,12-15H2/p+1. The van der Waals surface area contributed by atoms with Gasteiger partial charge in [-0.3, -0.25) is 0 Å². The summed E-state index contributed by atoms with van der Waals surface area (Å²) < 4.78 is 27.2. The number of nitrogens with zero attached hydrogens (tertiary/aromatic N) is 1. The molecule has 2 aliphatic rings. The van der Waals surface area contributed by atoms with Crippen molar-refractivity contribution in [3.8, 4) is 0 Å². The number of hydrogen-bond donors (Lipinski definition) is 1. The Kier molecular flexibility index (Phi) is 6.19. The van der Waals surface area contributed by atoms with Crippen molar-refractivity contribution in [3.63, 3.8) is 0 Å². The summed E-state index contributed by atoms with van der Waals surface area (Å²) in [7, 11) is -3.38. The Morgan fingerprint density at radius 2 is 1.46 bits per heavy atom. The third-order valence-electron chi connectivity index (χ3n) is 5.50. The molecule has 0 atom stereocenters. The summed E-state index contributed by atoms with van der Waals surface area (Å²) in [5.41, 5.74) is 0. The molecule has 1 aliphatic heterocycles. The van der Waals surface area contributed by atoms with E-state index >= 15 is 0 Å². The lowest BCUT2D eigenvalue weighted by Crippen LogP contribution is -3.18. The highest BCUT2D eigenvalue weighted by Gasteiger charge is 2.33. The fourth-order valence-corrected chi connectivity index (χ4v) is 5.61. The summed E-state index contributed by atoms with van der Waals surface area (Å²) in [5, 5.41) is 0.562. The number of quaternary nitrogens is 1. The number of halogens is 1. The van der Waals surface area contributed by atoms with Crippen molar-refractivity contribution in [2.75, 3.05) is 26.2 Å². The van der Waals surface area contributed by atoms with Crippen molar-refractivity contribution >= 4 is 21.6 Å². The fourth-order valence-electron chi connectivity index (χ4n) is 4.04. The van der Waals surface area contributed by atoms with E-state index in [1.54, 1.807) is 33.5 Å². The van der Waals surface area contributed by atoms with Gasteiger partial charge in [0.2, 0.25) is 10.0 Å². The molecule has 134 valence electrons. The molecule has 3 rings (SSSR count). The molecule has 0 radical (unpaired) electrons. The zero-order valence-electron chi connectivity index (χ0n) is 14.2. The van der Waals surface area contributed by atoms with E-state index in [0.29, 0.717) is 23.0 Å². The van der Waals surface area contributed by atoms with Crippen LogP contribution < -0.4 is 4.90 Å². The van der Waals surface area contributed by atoms with Crippen molar-refractivity contribution in [2.24, 2.45) is 0 Å². The Morgan fingerprint density at radius 1 is 0.917 bits per heavy atom. The van der Waals surface area contributed by atoms with Crippen LogP contribution >= 0.6 is 11.6 Å². The van der Waals surface area contributed by atoms with Gasteiger partial charge in [-0.05, 0) is 49.9 Å². The van der Waals surface area contributed by atoms with Gasteiger partial charge in [-0.1, -0.05) is 30.9 Å². The van der Waals surface area contributed by atoms with Gasteiger partial charge in [-0.15, -0.1) is 0 Å².